The average molecular weight is 521 g/mol. The Labute approximate surface area is 210 Å². The predicted molar refractivity (Wildman–Crippen MR) is 137 cm³/mol. The van der Waals surface area contributed by atoms with Crippen LogP contribution in [0.15, 0.2) is 23.1 Å². The van der Waals surface area contributed by atoms with Crippen molar-refractivity contribution < 1.29 is 18.3 Å². The summed E-state index contributed by atoms with van der Waals surface area (Å²) in [4.78, 5) is 10.2. The second-order valence-corrected chi connectivity index (χ2v) is 10.8. The monoisotopic (exact) mass is 520 g/mol. The second kappa shape index (κ2) is 10.7. The van der Waals surface area contributed by atoms with Gasteiger partial charge in [0.1, 0.15) is 27.2 Å². The molecule has 0 spiro atoms. The van der Waals surface area contributed by atoms with Crippen molar-refractivity contribution in [3.05, 3.63) is 28.5 Å². The van der Waals surface area contributed by atoms with Crippen LogP contribution < -0.4 is 4.74 Å². The van der Waals surface area contributed by atoms with Gasteiger partial charge in [-0.15, -0.1) is 0 Å². The Morgan fingerprint density at radius 3 is 2.60 bits per heavy atom. The molecule has 0 bridgehead atoms. The van der Waals surface area contributed by atoms with Crippen LogP contribution in [0.1, 0.15) is 26.0 Å². The molecular formula is C23H32N6O4S2. The second-order valence-electron chi connectivity index (χ2n) is 8.49. The van der Waals surface area contributed by atoms with Crippen LogP contribution in [0.25, 0.3) is 22.4 Å². The number of hydrogen-bond donors (Lipinski definition) is 2. The molecule has 0 radical (unpaired) electrons. The number of aliphatic hydroxyl groups is 1. The lowest BCUT2D eigenvalue weighted by Gasteiger charge is -2.33. The van der Waals surface area contributed by atoms with E-state index in [0.717, 1.165) is 24.1 Å². The van der Waals surface area contributed by atoms with Gasteiger partial charge in [-0.3, -0.25) is 9.58 Å². The molecule has 12 heteroatoms. The minimum Gasteiger partial charge on any atom is -0.493 e. The highest BCUT2D eigenvalue weighted by atomic mass is 32.2. The maximum absolute atomic E-state index is 13.5. The first-order valence-corrected chi connectivity index (χ1v) is 13.7. The van der Waals surface area contributed by atoms with Crippen LogP contribution in [0, 0.1) is 4.64 Å². The lowest BCUT2D eigenvalue weighted by atomic mass is 10.1. The molecule has 1 fully saturated rings. The number of H-pyrrole nitrogens is 1. The third kappa shape index (κ3) is 5.12. The quantitative estimate of drug-likeness (QED) is 0.413. The van der Waals surface area contributed by atoms with Gasteiger partial charge in [0.15, 0.2) is 0 Å². The molecule has 0 atom stereocenters. The molecule has 0 saturated carbocycles. The van der Waals surface area contributed by atoms with Crippen LogP contribution in [-0.4, -0.2) is 88.4 Å². The normalized spacial score (nSPS) is 15.7. The topological polar surface area (TPSA) is 117 Å². The number of nitrogens with zero attached hydrogens (tertiary/aromatic N) is 5. The fraction of sp³-hybridized carbons (Fsp3) is 0.522. The van der Waals surface area contributed by atoms with Gasteiger partial charge in [-0.05, 0) is 31.5 Å². The van der Waals surface area contributed by atoms with Gasteiger partial charge in [0.2, 0.25) is 10.0 Å². The first-order valence-electron chi connectivity index (χ1n) is 11.9. The van der Waals surface area contributed by atoms with Crippen molar-refractivity contribution in [1.29, 1.82) is 0 Å². The van der Waals surface area contributed by atoms with Gasteiger partial charge in [0.25, 0.3) is 0 Å². The molecule has 1 aliphatic heterocycles. The number of benzene rings is 1. The Morgan fingerprint density at radius 2 is 1.94 bits per heavy atom. The van der Waals surface area contributed by atoms with Gasteiger partial charge >= 0.3 is 0 Å². The number of aryl methyl sites for hydroxylation is 2. The van der Waals surface area contributed by atoms with Crippen molar-refractivity contribution in [2.45, 2.75) is 31.6 Å². The number of fused-ring (bicyclic) bond motifs is 1. The van der Waals surface area contributed by atoms with Gasteiger partial charge in [-0.2, -0.15) is 9.40 Å². The van der Waals surface area contributed by atoms with E-state index in [1.54, 1.807) is 22.9 Å². The highest BCUT2D eigenvalue weighted by Gasteiger charge is 2.29. The van der Waals surface area contributed by atoms with Crippen molar-refractivity contribution in [2.24, 2.45) is 7.05 Å². The third-order valence-corrected chi connectivity index (χ3v) is 8.33. The minimum absolute atomic E-state index is 0.0601. The first kappa shape index (κ1) is 25.7. The summed E-state index contributed by atoms with van der Waals surface area (Å²) in [5.74, 6) is 0.971. The molecule has 1 saturated heterocycles. The maximum atomic E-state index is 13.5. The van der Waals surface area contributed by atoms with Gasteiger partial charge < -0.3 is 14.8 Å². The van der Waals surface area contributed by atoms with Crippen LogP contribution in [0.3, 0.4) is 0 Å². The Hall–Kier alpha value is -2.38. The first-order chi connectivity index (χ1) is 16.8. The van der Waals surface area contributed by atoms with Crippen molar-refractivity contribution in [3.63, 3.8) is 0 Å². The zero-order valence-electron chi connectivity index (χ0n) is 20.3. The lowest BCUT2D eigenvalue weighted by molar-refractivity contribution is 0.151. The van der Waals surface area contributed by atoms with Gasteiger partial charge in [-0.25, -0.2) is 13.4 Å². The number of ether oxygens (including phenoxy) is 1. The largest absolute Gasteiger partial charge is 0.493 e. The molecule has 190 valence electrons. The highest BCUT2D eigenvalue weighted by molar-refractivity contribution is 7.89. The van der Waals surface area contributed by atoms with Crippen molar-refractivity contribution >= 4 is 33.3 Å². The molecule has 2 aromatic heterocycles. The molecule has 10 nitrogen and oxygen atoms in total. The molecule has 3 aromatic rings. The highest BCUT2D eigenvalue weighted by Crippen LogP contribution is 2.33. The zero-order valence-corrected chi connectivity index (χ0v) is 22.0. The van der Waals surface area contributed by atoms with Crippen molar-refractivity contribution in [1.82, 2.24) is 29.0 Å². The van der Waals surface area contributed by atoms with Crippen LogP contribution in [0.2, 0.25) is 0 Å². The van der Waals surface area contributed by atoms with E-state index >= 15 is 0 Å². The molecule has 4 rings (SSSR count). The van der Waals surface area contributed by atoms with Crippen LogP contribution in [-0.2, 0) is 23.5 Å². The van der Waals surface area contributed by atoms with E-state index in [2.05, 4.69) is 21.9 Å². The van der Waals surface area contributed by atoms with Crippen LogP contribution in [0.4, 0.5) is 0 Å². The van der Waals surface area contributed by atoms with Gasteiger partial charge in [0.05, 0.1) is 29.4 Å². The Morgan fingerprint density at radius 1 is 1.20 bits per heavy atom. The fourth-order valence-electron chi connectivity index (χ4n) is 4.40. The van der Waals surface area contributed by atoms with E-state index in [-0.39, 0.29) is 11.5 Å². The summed E-state index contributed by atoms with van der Waals surface area (Å²) >= 11 is 5.63. The maximum Gasteiger partial charge on any atom is 0.243 e. The Balaban J connectivity index is 1.78. The molecule has 1 aromatic carbocycles. The number of piperazine rings is 1. The van der Waals surface area contributed by atoms with E-state index in [9.17, 15) is 8.42 Å². The Kier molecular flexibility index (Phi) is 7.86. The van der Waals surface area contributed by atoms with Crippen LogP contribution >= 0.6 is 12.2 Å². The number of nitrogens with one attached hydrogen (secondary N) is 1. The SMILES string of the molecule is CCCc1nn(C)c2c(=S)[nH]c(-c3cc(S(=O)(=O)N4CCN(CCO)CC4)ccc3OCC)nc12. The van der Waals surface area contributed by atoms with Crippen molar-refractivity contribution in [2.75, 3.05) is 45.9 Å². The number of sulfonamides is 1. The van der Waals surface area contributed by atoms with Crippen molar-refractivity contribution in [3.8, 4) is 17.1 Å². The molecule has 35 heavy (non-hydrogen) atoms. The van der Waals surface area contributed by atoms with E-state index in [0.29, 0.717) is 66.6 Å². The van der Waals surface area contributed by atoms with E-state index in [1.807, 2.05) is 14.0 Å². The number of aromatic nitrogens is 4. The number of hydrogen-bond acceptors (Lipinski definition) is 8. The average Bonchev–Trinajstić information content (AvgIpc) is 3.15. The number of aromatic amines is 1. The van der Waals surface area contributed by atoms with Crippen LogP contribution in [0.5, 0.6) is 5.75 Å². The molecule has 0 amide bonds. The summed E-state index contributed by atoms with van der Waals surface area (Å²) in [6, 6.07) is 4.85. The van der Waals surface area contributed by atoms with Gasteiger partial charge in [-0.1, -0.05) is 25.6 Å². The minimum atomic E-state index is -3.72. The standard InChI is InChI=1S/C23H32N6O4S2/c1-4-6-18-20-21(27(3)26-18)23(34)25-22(24-20)17-15-16(7-8-19(17)33-5-2)35(31,32)29-11-9-28(10-12-29)13-14-30/h7-8,15,30H,4-6,9-14H2,1-3H3,(H,24,25,34). The summed E-state index contributed by atoms with van der Waals surface area (Å²) in [5, 5.41) is 13.7. The smallest absolute Gasteiger partial charge is 0.243 e. The fourth-order valence-corrected chi connectivity index (χ4v) is 6.17. The predicted octanol–water partition coefficient (Wildman–Crippen LogP) is 2.34. The lowest BCUT2D eigenvalue weighted by Crippen LogP contribution is -2.49. The summed E-state index contributed by atoms with van der Waals surface area (Å²) in [7, 11) is -1.88. The number of β-amino-alcohol motifs (C(OH)–C–C–N with tert-alkyl or cyclic N) is 1. The summed E-state index contributed by atoms with van der Waals surface area (Å²) in [6.07, 6.45) is 1.68. The molecule has 0 unspecified atom stereocenters. The third-order valence-electron chi connectivity index (χ3n) is 6.14. The van der Waals surface area contributed by atoms with E-state index in [4.69, 9.17) is 27.0 Å². The number of rotatable bonds is 9. The van der Waals surface area contributed by atoms with E-state index < -0.39 is 10.0 Å². The number of aliphatic hydroxyl groups excluding tert-OH is 1. The summed E-state index contributed by atoms with van der Waals surface area (Å²) in [6.45, 7) is 6.87. The van der Waals surface area contributed by atoms with Gasteiger partial charge in [0, 0.05) is 39.8 Å². The molecular weight excluding hydrogens is 488 g/mol. The zero-order chi connectivity index (χ0) is 25.2. The molecule has 0 aliphatic carbocycles. The van der Waals surface area contributed by atoms with E-state index in [1.165, 1.54) is 4.31 Å². The molecule has 2 N–H and O–H groups in total. The molecule has 1 aliphatic rings. The Bertz CT molecular complexity index is 1360. The summed E-state index contributed by atoms with van der Waals surface area (Å²) < 4.78 is 36.5. The summed E-state index contributed by atoms with van der Waals surface area (Å²) in [5.41, 5.74) is 2.85. The molecule has 3 heterocycles.